The summed E-state index contributed by atoms with van der Waals surface area (Å²) in [5.41, 5.74) is 8.42. The molecule has 32 heavy (non-hydrogen) atoms. The molecule has 0 atom stereocenters. The van der Waals surface area contributed by atoms with Crippen LogP contribution in [0.15, 0.2) is 84.0 Å². The molecule has 0 heterocycles. The Bertz CT molecular complexity index is 1050. The molecule has 0 aliphatic heterocycles. The van der Waals surface area contributed by atoms with Crippen molar-refractivity contribution < 1.29 is 9.59 Å². The molecular weight excluding hydrogens is 398 g/mol. The fraction of sp³-hybridized carbons (Fsp3) is 0.222. The first-order valence-electron chi connectivity index (χ1n) is 10.7. The van der Waals surface area contributed by atoms with E-state index in [9.17, 15) is 9.59 Å². The predicted octanol–water partition coefficient (Wildman–Crippen LogP) is 5.35. The Kier molecular flexibility index (Phi) is 7.92. The molecule has 0 aromatic heterocycles. The van der Waals surface area contributed by atoms with Gasteiger partial charge >= 0.3 is 0 Å². The summed E-state index contributed by atoms with van der Waals surface area (Å²) in [6, 6.07) is 26.0. The van der Waals surface area contributed by atoms with Gasteiger partial charge in [-0.15, -0.1) is 0 Å². The molecule has 0 saturated carbocycles. The maximum Gasteiger partial charge on any atom is 0.240 e. The third kappa shape index (κ3) is 6.38. The molecular formula is C27H29N3O2. The van der Waals surface area contributed by atoms with Gasteiger partial charge in [-0.1, -0.05) is 72.8 Å². The lowest BCUT2D eigenvalue weighted by molar-refractivity contribution is -0.124. The smallest absolute Gasteiger partial charge is 0.240 e. The molecule has 5 nitrogen and oxygen atoms in total. The van der Waals surface area contributed by atoms with E-state index < -0.39 is 0 Å². The van der Waals surface area contributed by atoms with Crippen molar-refractivity contribution in [2.24, 2.45) is 5.10 Å². The number of aryl methyl sites for hydroxylation is 2. The largest absolute Gasteiger partial charge is 0.326 e. The van der Waals surface area contributed by atoms with E-state index in [2.05, 4.69) is 40.1 Å². The van der Waals surface area contributed by atoms with Gasteiger partial charge in [0, 0.05) is 30.2 Å². The summed E-state index contributed by atoms with van der Waals surface area (Å²) >= 11 is 0. The van der Waals surface area contributed by atoms with E-state index >= 15 is 0 Å². The molecule has 164 valence electrons. The second-order valence-corrected chi connectivity index (χ2v) is 7.91. The van der Waals surface area contributed by atoms with Crippen molar-refractivity contribution in [2.45, 2.75) is 39.5 Å². The van der Waals surface area contributed by atoms with E-state index in [0.29, 0.717) is 0 Å². The molecule has 0 saturated heterocycles. The van der Waals surface area contributed by atoms with Gasteiger partial charge in [-0.2, -0.15) is 5.10 Å². The number of hydrazone groups is 1. The number of hydrogen-bond donors (Lipinski definition) is 2. The molecule has 0 unspecified atom stereocenters. The first-order chi connectivity index (χ1) is 15.4. The minimum Gasteiger partial charge on any atom is -0.326 e. The Morgan fingerprint density at radius 1 is 0.812 bits per heavy atom. The third-order valence-corrected chi connectivity index (χ3v) is 5.29. The summed E-state index contributed by atoms with van der Waals surface area (Å²) in [7, 11) is 0. The van der Waals surface area contributed by atoms with Crippen molar-refractivity contribution in [3.63, 3.8) is 0 Å². The molecule has 0 aliphatic carbocycles. The number of nitrogens with one attached hydrogen (secondary N) is 2. The summed E-state index contributed by atoms with van der Waals surface area (Å²) in [6.45, 7) is 5.81. The van der Waals surface area contributed by atoms with E-state index in [4.69, 9.17) is 0 Å². The number of anilines is 1. The molecule has 0 fully saturated rings. The van der Waals surface area contributed by atoms with Crippen molar-refractivity contribution in [3.8, 4) is 0 Å². The Morgan fingerprint density at radius 2 is 1.38 bits per heavy atom. The summed E-state index contributed by atoms with van der Waals surface area (Å²) in [4.78, 5) is 24.6. The van der Waals surface area contributed by atoms with E-state index in [-0.39, 0.29) is 30.6 Å². The Balaban J connectivity index is 1.60. The van der Waals surface area contributed by atoms with Gasteiger partial charge in [-0.25, -0.2) is 5.43 Å². The van der Waals surface area contributed by atoms with Gasteiger partial charge in [-0.3, -0.25) is 9.59 Å². The van der Waals surface area contributed by atoms with Crippen LogP contribution in [0.25, 0.3) is 0 Å². The molecule has 2 N–H and O–H groups in total. The van der Waals surface area contributed by atoms with Gasteiger partial charge in [0.2, 0.25) is 11.8 Å². The number of nitrogens with zero attached hydrogens (tertiary/aromatic N) is 1. The molecule has 0 aliphatic rings. The van der Waals surface area contributed by atoms with Crippen molar-refractivity contribution >= 4 is 23.2 Å². The SMILES string of the molecule is C/C(=N\NC(=O)CCC(=O)Nc1cc(C)ccc1C)C(c1ccccc1)c1ccccc1. The number of amides is 2. The van der Waals surface area contributed by atoms with E-state index in [0.717, 1.165) is 33.7 Å². The van der Waals surface area contributed by atoms with Crippen molar-refractivity contribution in [1.82, 2.24) is 5.43 Å². The average Bonchev–Trinajstić information content (AvgIpc) is 2.80. The number of benzene rings is 3. The van der Waals surface area contributed by atoms with Crippen molar-refractivity contribution in [1.29, 1.82) is 0 Å². The second kappa shape index (κ2) is 11.0. The molecule has 0 spiro atoms. The number of hydrogen-bond acceptors (Lipinski definition) is 3. The molecule has 3 aromatic rings. The Hall–Kier alpha value is -3.73. The maximum absolute atomic E-state index is 12.3. The molecule has 3 aromatic carbocycles. The summed E-state index contributed by atoms with van der Waals surface area (Å²) < 4.78 is 0. The molecule has 3 rings (SSSR count). The first-order valence-corrected chi connectivity index (χ1v) is 10.7. The summed E-state index contributed by atoms with van der Waals surface area (Å²) in [5, 5.41) is 7.23. The van der Waals surface area contributed by atoms with Crippen LogP contribution in [-0.4, -0.2) is 17.5 Å². The van der Waals surface area contributed by atoms with Crippen molar-refractivity contribution in [3.05, 3.63) is 101 Å². The normalized spacial score (nSPS) is 11.3. The fourth-order valence-electron chi connectivity index (χ4n) is 3.55. The lowest BCUT2D eigenvalue weighted by Gasteiger charge is -2.18. The standard InChI is InChI=1S/C27H29N3O2/c1-19-14-15-20(2)24(18-19)28-25(31)16-17-26(32)30-29-21(3)27(22-10-6-4-7-11-22)23-12-8-5-9-13-23/h4-15,18,27H,16-17H2,1-3H3,(H,28,31)(H,30,32)/b29-21+. The monoisotopic (exact) mass is 427 g/mol. The maximum atomic E-state index is 12.3. The van der Waals surface area contributed by atoms with Gasteiger partial charge < -0.3 is 5.32 Å². The summed E-state index contributed by atoms with van der Waals surface area (Å²) in [5.74, 6) is -0.549. The second-order valence-electron chi connectivity index (χ2n) is 7.91. The quantitative estimate of drug-likeness (QED) is 0.376. The Morgan fingerprint density at radius 3 is 1.97 bits per heavy atom. The van der Waals surface area contributed by atoms with E-state index in [1.807, 2.05) is 75.4 Å². The van der Waals surface area contributed by atoms with Crippen molar-refractivity contribution in [2.75, 3.05) is 5.32 Å². The highest BCUT2D eigenvalue weighted by molar-refractivity contribution is 5.95. The fourth-order valence-corrected chi connectivity index (χ4v) is 3.55. The minimum absolute atomic E-state index is 0.0643. The topological polar surface area (TPSA) is 70.6 Å². The van der Waals surface area contributed by atoms with Gasteiger partial charge in [0.1, 0.15) is 0 Å². The molecule has 0 bridgehead atoms. The zero-order valence-corrected chi connectivity index (χ0v) is 18.8. The van der Waals surface area contributed by atoms with E-state index in [1.54, 1.807) is 0 Å². The van der Waals surface area contributed by atoms with Gasteiger partial charge in [0.05, 0.1) is 0 Å². The van der Waals surface area contributed by atoms with Crippen LogP contribution >= 0.6 is 0 Å². The highest BCUT2D eigenvalue weighted by Gasteiger charge is 2.17. The minimum atomic E-state index is -0.291. The zero-order valence-electron chi connectivity index (χ0n) is 18.8. The van der Waals surface area contributed by atoms with Crippen LogP contribution in [-0.2, 0) is 9.59 Å². The number of carbonyl (C=O) groups is 2. The van der Waals surface area contributed by atoms with Crippen LogP contribution in [0.5, 0.6) is 0 Å². The lowest BCUT2D eigenvalue weighted by Crippen LogP contribution is -2.23. The Labute approximate surface area is 189 Å². The number of carbonyl (C=O) groups excluding carboxylic acids is 2. The zero-order chi connectivity index (χ0) is 22.9. The highest BCUT2D eigenvalue weighted by Crippen LogP contribution is 2.26. The van der Waals surface area contributed by atoms with Gasteiger partial charge in [-0.05, 0) is 49.1 Å². The molecule has 5 heteroatoms. The van der Waals surface area contributed by atoms with Crippen LogP contribution in [0.4, 0.5) is 5.69 Å². The lowest BCUT2D eigenvalue weighted by atomic mass is 9.88. The van der Waals surface area contributed by atoms with Crippen LogP contribution in [0.2, 0.25) is 0 Å². The first kappa shape index (κ1) is 22.9. The van der Waals surface area contributed by atoms with Gasteiger partial charge in [0.25, 0.3) is 0 Å². The molecule has 2 amide bonds. The van der Waals surface area contributed by atoms with Crippen LogP contribution < -0.4 is 10.7 Å². The average molecular weight is 428 g/mol. The van der Waals surface area contributed by atoms with Crippen LogP contribution in [0.3, 0.4) is 0 Å². The van der Waals surface area contributed by atoms with E-state index in [1.165, 1.54) is 0 Å². The summed E-state index contributed by atoms with van der Waals surface area (Å²) in [6.07, 6.45) is 0.156. The van der Waals surface area contributed by atoms with Gasteiger partial charge in [0.15, 0.2) is 0 Å². The third-order valence-electron chi connectivity index (χ3n) is 5.29. The highest BCUT2D eigenvalue weighted by atomic mass is 16.2. The number of rotatable bonds is 8. The van der Waals surface area contributed by atoms with Crippen LogP contribution in [0, 0.1) is 13.8 Å². The molecule has 0 radical (unpaired) electrons. The van der Waals surface area contributed by atoms with Crippen LogP contribution in [0.1, 0.15) is 47.9 Å². The predicted molar refractivity (Wildman–Crippen MR) is 130 cm³/mol.